The van der Waals surface area contributed by atoms with E-state index in [-0.39, 0.29) is 41.5 Å². The summed E-state index contributed by atoms with van der Waals surface area (Å²) < 4.78 is 14.9. The Morgan fingerprint density at radius 3 is 2.41 bits per heavy atom. The second kappa shape index (κ2) is 11.1. The number of rotatable bonds is 7. The van der Waals surface area contributed by atoms with Gasteiger partial charge in [-0.3, -0.25) is 19.4 Å². The summed E-state index contributed by atoms with van der Waals surface area (Å²) >= 11 is 6.16. The lowest BCUT2D eigenvalue weighted by Crippen LogP contribution is -2.50. The Kier molecular flexibility index (Phi) is 8.17. The molecule has 208 valence electrons. The zero-order valence-electron chi connectivity index (χ0n) is 22.8. The van der Waals surface area contributed by atoms with E-state index in [1.807, 2.05) is 6.92 Å². The number of aliphatic carboxylic acids is 1. The fourth-order valence-corrected chi connectivity index (χ4v) is 5.92. The molecule has 0 bridgehead atoms. The molecule has 1 saturated carbocycles. The van der Waals surface area contributed by atoms with Crippen molar-refractivity contribution in [3.05, 3.63) is 70.0 Å². The number of carboxylic acid groups (broad SMARTS) is 1. The topological polar surface area (TPSA) is 99.1 Å². The van der Waals surface area contributed by atoms with Crippen molar-refractivity contribution in [2.45, 2.75) is 71.5 Å². The molecule has 1 heterocycles. The first-order valence-electron chi connectivity index (χ1n) is 13.3. The fraction of sp³-hybridized carbons (Fsp3) is 0.467. The zero-order chi connectivity index (χ0) is 28.5. The Hall–Kier alpha value is -3.26. The van der Waals surface area contributed by atoms with Crippen LogP contribution in [0.1, 0.15) is 87.3 Å². The van der Waals surface area contributed by atoms with Crippen LogP contribution in [0.5, 0.6) is 0 Å². The number of nitrogens with one attached hydrogen (secondary N) is 1. The summed E-state index contributed by atoms with van der Waals surface area (Å²) in [7, 11) is 0. The smallest absolute Gasteiger partial charge is 0.305 e. The number of benzene rings is 2. The highest BCUT2D eigenvalue weighted by Crippen LogP contribution is 2.49. The summed E-state index contributed by atoms with van der Waals surface area (Å²) in [6, 6.07) is 10.7. The summed E-state index contributed by atoms with van der Waals surface area (Å²) in [6.07, 6.45) is 2.96. The van der Waals surface area contributed by atoms with Crippen LogP contribution in [0.2, 0.25) is 5.02 Å². The molecule has 2 amide bonds. The van der Waals surface area contributed by atoms with Crippen molar-refractivity contribution >= 4 is 35.1 Å². The molecule has 0 aromatic heterocycles. The Morgan fingerprint density at radius 2 is 1.82 bits per heavy atom. The van der Waals surface area contributed by atoms with Crippen molar-refractivity contribution in [2.75, 3.05) is 6.54 Å². The van der Waals surface area contributed by atoms with Gasteiger partial charge in [-0.05, 0) is 79.8 Å². The second-order valence-electron chi connectivity index (χ2n) is 11.6. The van der Waals surface area contributed by atoms with Gasteiger partial charge in [-0.2, -0.15) is 0 Å². The maximum absolute atomic E-state index is 14.9. The number of nitrogens with zero attached hydrogens (tertiary/aromatic N) is 2. The highest BCUT2D eigenvalue weighted by molar-refractivity contribution is 6.47. The molecule has 9 heteroatoms. The monoisotopic (exact) mass is 555 g/mol. The molecule has 1 aliphatic carbocycles. The minimum Gasteiger partial charge on any atom is -0.481 e. The highest BCUT2D eigenvalue weighted by Gasteiger charge is 2.52. The third-order valence-electron chi connectivity index (χ3n) is 8.05. The molecule has 2 aliphatic rings. The minimum atomic E-state index is -0.987. The molecule has 0 saturated heterocycles. The van der Waals surface area contributed by atoms with E-state index in [2.05, 4.69) is 26.1 Å². The normalized spacial score (nSPS) is 22.1. The number of aliphatic imine (C=N–C) groups is 1. The van der Waals surface area contributed by atoms with Crippen molar-refractivity contribution in [2.24, 2.45) is 16.3 Å². The van der Waals surface area contributed by atoms with Gasteiger partial charge in [0.2, 0.25) is 0 Å². The predicted octanol–water partition coefficient (Wildman–Crippen LogP) is 6.01. The first-order chi connectivity index (χ1) is 18.3. The maximum Gasteiger partial charge on any atom is 0.305 e. The molecule has 4 rings (SSSR count). The molecule has 2 aromatic carbocycles. The Morgan fingerprint density at radius 1 is 1.18 bits per heavy atom. The van der Waals surface area contributed by atoms with Gasteiger partial charge < -0.3 is 15.3 Å². The van der Waals surface area contributed by atoms with E-state index in [9.17, 15) is 18.8 Å². The Balaban J connectivity index is 1.64. The van der Waals surface area contributed by atoms with E-state index in [0.29, 0.717) is 29.3 Å². The second-order valence-corrected chi connectivity index (χ2v) is 12.0. The van der Waals surface area contributed by atoms with Gasteiger partial charge in [-0.25, -0.2) is 4.39 Å². The molecule has 0 unspecified atom stereocenters. The third kappa shape index (κ3) is 6.01. The van der Waals surface area contributed by atoms with Crippen molar-refractivity contribution < 1.29 is 23.9 Å². The Bertz CT molecular complexity index is 1290. The van der Waals surface area contributed by atoms with Gasteiger partial charge in [0, 0.05) is 22.7 Å². The highest BCUT2D eigenvalue weighted by atomic mass is 35.5. The van der Waals surface area contributed by atoms with Gasteiger partial charge in [-0.15, -0.1) is 0 Å². The number of carbonyl (C=O) groups excluding carboxylic acids is 2. The van der Waals surface area contributed by atoms with E-state index >= 15 is 0 Å². The van der Waals surface area contributed by atoms with Crippen LogP contribution in [0.15, 0.2) is 47.5 Å². The number of carboxylic acids is 1. The molecule has 39 heavy (non-hydrogen) atoms. The average Bonchev–Trinajstić information content (AvgIpc) is 3.15. The number of amides is 2. The maximum atomic E-state index is 14.9. The van der Waals surface area contributed by atoms with E-state index in [4.69, 9.17) is 21.7 Å². The van der Waals surface area contributed by atoms with E-state index < -0.39 is 23.5 Å². The summed E-state index contributed by atoms with van der Waals surface area (Å²) in [5, 5.41) is 11.7. The summed E-state index contributed by atoms with van der Waals surface area (Å²) in [6.45, 7) is 8.64. The number of carbonyl (C=O) groups is 3. The fourth-order valence-electron chi connectivity index (χ4n) is 5.75. The molecule has 7 nitrogen and oxygen atoms in total. The average molecular weight is 556 g/mol. The van der Waals surface area contributed by atoms with Crippen molar-refractivity contribution in [1.29, 1.82) is 0 Å². The quantitative estimate of drug-likeness (QED) is 0.437. The molecular formula is C30H35ClFN3O4. The zero-order valence-corrected chi connectivity index (χ0v) is 23.5. The first-order valence-corrected chi connectivity index (χ1v) is 13.7. The van der Waals surface area contributed by atoms with Gasteiger partial charge in [0.05, 0.1) is 12.5 Å². The largest absolute Gasteiger partial charge is 0.481 e. The van der Waals surface area contributed by atoms with E-state index in [0.717, 1.165) is 18.4 Å². The van der Waals surface area contributed by atoms with Gasteiger partial charge in [0.1, 0.15) is 17.2 Å². The number of halogens is 2. The van der Waals surface area contributed by atoms with Crippen LogP contribution in [0.3, 0.4) is 0 Å². The van der Waals surface area contributed by atoms with Gasteiger partial charge in [-0.1, -0.05) is 44.5 Å². The SMILES string of the molecule is C[C@H](c1ccc(C(=O)NCCC(=O)O)cc1)N1C(=O)C(c2cc(Cl)ccc2F)=NC12CCC(C(C)(C)C)CC2. The van der Waals surface area contributed by atoms with Crippen LogP contribution in [-0.2, 0) is 9.59 Å². The standard InChI is InChI=1S/C30H35ClFN3O4/c1-18(19-5-7-20(8-6-19)27(38)33-16-13-25(36)37)35-28(39)26(23-17-22(31)9-10-24(23)32)34-30(35)14-11-21(12-15-30)29(2,3)4/h5-10,17-18,21H,11-16H2,1-4H3,(H,33,38)(H,36,37)/t18-,21?,30?/m1/s1. The molecule has 1 spiro atoms. The molecule has 0 radical (unpaired) electrons. The van der Waals surface area contributed by atoms with E-state index in [1.165, 1.54) is 18.2 Å². The molecular weight excluding hydrogens is 521 g/mol. The van der Waals surface area contributed by atoms with Gasteiger partial charge >= 0.3 is 5.97 Å². The van der Waals surface area contributed by atoms with Crippen LogP contribution in [0.4, 0.5) is 4.39 Å². The lowest BCUT2D eigenvalue weighted by atomic mass is 9.69. The van der Waals surface area contributed by atoms with Crippen molar-refractivity contribution in [3.63, 3.8) is 0 Å². The summed E-state index contributed by atoms with van der Waals surface area (Å²) in [5.41, 5.74) is 0.731. The molecule has 2 aromatic rings. The van der Waals surface area contributed by atoms with Crippen LogP contribution in [0, 0.1) is 17.2 Å². The summed E-state index contributed by atoms with van der Waals surface area (Å²) in [4.78, 5) is 43.8. The molecule has 2 N–H and O–H groups in total. The lowest BCUT2D eigenvalue weighted by molar-refractivity contribution is -0.137. The minimum absolute atomic E-state index is 0.0346. The van der Waals surface area contributed by atoms with Crippen LogP contribution >= 0.6 is 11.6 Å². The molecule has 1 aliphatic heterocycles. The van der Waals surface area contributed by atoms with Crippen LogP contribution in [0.25, 0.3) is 0 Å². The third-order valence-corrected chi connectivity index (χ3v) is 8.29. The number of hydrogen-bond donors (Lipinski definition) is 2. The van der Waals surface area contributed by atoms with Gasteiger partial charge in [0.25, 0.3) is 11.8 Å². The molecule has 1 atom stereocenters. The first kappa shape index (κ1) is 28.7. The molecule has 1 fully saturated rings. The van der Waals surface area contributed by atoms with Crippen molar-refractivity contribution in [3.8, 4) is 0 Å². The Labute approximate surface area is 233 Å². The lowest BCUT2D eigenvalue weighted by Gasteiger charge is -2.46. The van der Waals surface area contributed by atoms with Crippen molar-refractivity contribution in [1.82, 2.24) is 10.2 Å². The van der Waals surface area contributed by atoms with Crippen LogP contribution < -0.4 is 5.32 Å². The van der Waals surface area contributed by atoms with E-state index in [1.54, 1.807) is 29.2 Å². The van der Waals surface area contributed by atoms with Gasteiger partial charge in [0.15, 0.2) is 0 Å². The number of hydrogen-bond acceptors (Lipinski definition) is 4. The predicted molar refractivity (Wildman–Crippen MR) is 148 cm³/mol. The van der Waals surface area contributed by atoms with Crippen LogP contribution in [-0.4, -0.2) is 45.7 Å². The summed E-state index contributed by atoms with van der Waals surface area (Å²) in [5.74, 6) is -1.76.